The quantitative estimate of drug-likeness (QED) is 0.543. The molecule has 0 unspecified atom stereocenters. The average Bonchev–Trinajstić information content (AvgIpc) is 2.34. The van der Waals surface area contributed by atoms with Crippen molar-refractivity contribution >= 4 is 17.6 Å². The predicted molar refractivity (Wildman–Crippen MR) is 61.6 cm³/mol. The molecule has 0 aromatic heterocycles. The molecule has 0 aliphatic rings. The van der Waals surface area contributed by atoms with Crippen LogP contribution in [0.3, 0.4) is 0 Å². The van der Waals surface area contributed by atoms with Crippen molar-refractivity contribution in [2.45, 2.75) is 6.10 Å². The van der Waals surface area contributed by atoms with Crippen molar-refractivity contribution < 1.29 is 19.8 Å². The molecule has 1 rings (SSSR count). The van der Waals surface area contributed by atoms with Crippen LogP contribution in [0.15, 0.2) is 30.3 Å². The van der Waals surface area contributed by atoms with E-state index in [9.17, 15) is 9.59 Å². The van der Waals surface area contributed by atoms with Gasteiger partial charge in [-0.2, -0.15) is 0 Å². The van der Waals surface area contributed by atoms with E-state index in [1.54, 1.807) is 12.1 Å². The molecule has 0 aliphatic carbocycles. The number of carboxylic acids is 1. The van der Waals surface area contributed by atoms with E-state index in [-0.39, 0.29) is 19.0 Å². The number of carbonyl (C=O) groups excluding carboxylic acids is 1. The van der Waals surface area contributed by atoms with Crippen molar-refractivity contribution in [2.75, 3.05) is 18.4 Å². The molecule has 0 heterocycles. The highest BCUT2D eigenvalue weighted by Crippen LogP contribution is 2.03. The summed E-state index contributed by atoms with van der Waals surface area (Å²) in [5.74, 6) is -1.74. The van der Waals surface area contributed by atoms with Crippen molar-refractivity contribution in [1.82, 2.24) is 5.32 Å². The molecule has 4 N–H and O–H groups in total. The molecule has 1 aromatic rings. The molecule has 6 heteroatoms. The second kappa shape index (κ2) is 6.49. The van der Waals surface area contributed by atoms with Crippen LogP contribution in [0.2, 0.25) is 0 Å². The smallest absolute Gasteiger partial charge is 0.334 e. The van der Waals surface area contributed by atoms with Crippen molar-refractivity contribution in [2.24, 2.45) is 0 Å². The Morgan fingerprint density at radius 3 is 2.47 bits per heavy atom. The second-order valence-corrected chi connectivity index (χ2v) is 3.38. The molecule has 0 aliphatic heterocycles. The van der Waals surface area contributed by atoms with Gasteiger partial charge in [0.1, 0.15) is 0 Å². The highest BCUT2D eigenvalue weighted by Gasteiger charge is 2.13. The molecule has 0 radical (unpaired) electrons. The summed E-state index contributed by atoms with van der Waals surface area (Å²) in [5, 5.41) is 22.5. The third-order valence-corrected chi connectivity index (χ3v) is 2.00. The van der Waals surface area contributed by atoms with Gasteiger partial charge in [0.15, 0.2) is 6.10 Å². The van der Waals surface area contributed by atoms with E-state index in [1.807, 2.05) is 18.2 Å². The SMILES string of the molecule is O=C(CNc1ccccc1)NC[C@H](O)C(=O)O. The van der Waals surface area contributed by atoms with Gasteiger partial charge in [-0.15, -0.1) is 0 Å². The van der Waals surface area contributed by atoms with Gasteiger partial charge in [-0.3, -0.25) is 4.79 Å². The fourth-order valence-corrected chi connectivity index (χ4v) is 1.10. The minimum atomic E-state index is -1.57. The first-order valence-corrected chi connectivity index (χ1v) is 5.06. The van der Waals surface area contributed by atoms with Crippen LogP contribution in [0.25, 0.3) is 0 Å². The molecule has 1 atom stereocenters. The minimum absolute atomic E-state index is 0.0242. The van der Waals surface area contributed by atoms with Gasteiger partial charge in [0.05, 0.1) is 13.1 Å². The van der Waals surface area contributed by atoms with Crippen LogP contribution in [-0.2, 0) is 9.59 Å². The number of aliphatic hydroxyl groups is 1. The van der Waals surface area contributed by atoms with E-state index in [0.717, 1.165) is 5.69 Å². The Morgan fingerprint density at radius 1 is 1.24 bits per heavy atom. The molecule has 0 bridgehead atoms. The summed E-state index contributed by atoms with van der Waals surface area (Å²) in [7, 11) is 0. The average molecular weight is 238 g/mol. The van der Waals surface area contributed by atoms with E-state index >= 15 is 0 Å². The monoisotopic (exact) mass is 238 g/mol. The van der Waals surface area contributed by atoms with E-state index < -0.39 is 12.1 Å². The molecule has 0 spiro atoms. The molecular formula is C11H14N2O4. The summed E-state index contributed by atoms with van der Waals surface area (Å²) in [6.07, 6.45) is -1.57. The number of carbonyl (C=O) groups is 2. The zero-order chi connectivity index (χ0) is 12.7. The standard InChI is InChI=1S/C11H14N2O4/c14-9(11(16)17)6-13-10(15)7-12-8-4-2-1-3-5-8/h1-5,9,12,14H,6-7H2,(H,13,15)(H,16,17)/t9-/m0/s1. The van der Waals surface area contributed by atoms with Crippen LogP contribution in [0.1, 0.15) is 0 Å². The number of amides is 1. The van der Waals surface area contributed by atoms with Crippen molar-refractivity contribution in [3.63, 3.8) is 0 Å². The largest absolute Gasteiger partial charge is 0.479 e. The van der Waals surface area contributed by atoms with E-state index in [4.69, 9.17) is 10.2 Å². The summed E-state index contributed by atoms with van der Waals surface area (Å²) in [5.41, 5.74) is 0.793. The number of hydrogen-bond donors (Lipinski definition) is 4. The number of rotatable bonds is 6. The topological polar surface area (TPSA) is 98.7 Å². The van der Waals surface area contributed by atoms with E-state index in [0.29, 0.717) is 0 Å². The molecule has 17 heavy (non-hydrogen) atoms. The fraction of sp³-hybridized carbons (Fsp3) is 0.273. The number of nitrogens with one attached hydrogen (secondary N) is 2. The lowest BCUT2D eigenvalue weighted by molar-refractivity contribution is -0.146. The normalized spacial score (nSPS) is 11.6. The predicted octanol–water partition coefficient (Wildman–Crippen LogP) is -0.340. The van der Waals surface area contributed by atoms with Crippen LogP contribution in [0.5, 0.6) is 0 Å². The van der Waals surface area contributed by atoms with Gasteiger partial charge < -0.3 is 20.8 Å². The lowest BCUT2D eigenvalue weighted by Crippen LogP contribution is -2.39. The first kappa shape index (κ1) is 13.0. The maximum Gasteiger partial charge on any atom is 0.334 e. The Hall–Kier alpha value is -2.08. The Bertz CT molecular complexity index is 380. The highest BCUT2D eigenvalue weighted by atomic mass is 16.4. The van der Waals surface area contributed by atoms with Crippen LogP contribution < -0.4 is 10.6 Å². The number of carboxylic acid groups (broad SMARTS) is 1. The van der Waals surface area contributed by atoms with E-state index in [1.165, 1.54) is 0 Å². The summed E-state index contributed by atoms with van der Waals surface area (Å²) in [6, 6.07) is 9.12. The third kappa shape index (κ3) is 4.98. The molecule has 0 fully saturated rings. The van der Waals surface area contributed by atoms with Crippen LogP contribution in [0.4, 0.5) is 5.69 Å². The molecule has 1 aromatic carbocycles. The Balaban J connectivity index is 2.24. The van der Waals surface area contributed by atoms with Crippen molar-refractivity contribution in [3.8, 4) is 0 Å². The van der Waals surface area contributed by atoms with Crippen molar-refractivity contribution in [3.05, 3.63) is 30.3 Å². The van der Waals surface area contributed by atoms with Gasteiger partial charge in [-0.1, -0.05) is 18.2 Å². The summed E-state index contributed by atoms with van der Waals surface area (Å²) < 4.78 is 0. The number of hydrogen-bond acceptors (Lipinski definition) is 4. The minimum Gasteiger partial charge on any atom is -0.479 e. The van der Waals surface area contributed by atoms with Gasteiger partial charge in [0.2, 0.25) is 5.91 Å². The summed E-state index contributed by atoms with van der Waals surface area (Å²) in [4.78, 5) is 21.5. The zero-order valence-corrected chi connectivity index (χ0v) is 9.09. The number of aliphatic hydroxyl groups excluding tert-OH is 1. The molecular weight excluding hydrogens is 224 g/mol. The van der Waals surface area contributed by atoms with Gasteiger partial charge >= 0.3 is 5.97 Å². The molecule has 0 saturated heterocycles. The van der Waals surface area contributed by atoms with Crippen molar-refractivity contribution in [1.29, 1.82) is 0 Å². The fourth-order valence-electron chi connectivity index (χ4n) is 1.10. The van der Waals surface area contributed by atoms with Gasteiger partial charge in [0, 0.05) is 5.69 Å². The van der Waals surface area contributed by atoms with Crippen LogP contribution in [0, 0.1) is 0 Å². The first-order valence-electron chi connectivity index (χ1n) is 5.06. The number of para-hydroxylation sites is 1. The third-order valence-electron chi connectivity index (χ3n) is 2.00. The van der Waals surface area contributed by atoms with Gasteiger partial charge in [-0.25, -0.2) is 4.79 Å². The number of benzene rings is 1. The zero-order valence-electron chi connectivity index (χ0n) is 9.09. The molecule has 92 valence electrons. The summed E-state index contributed by atoms with van der Waals surface area (Å²) >= 11 is 0. The van der Waals surface area contributed by atoms with Gasteiger partial charge in [0.25, 0.3) is 0 Å². The number of aliphatic carboxylic acids is 1. The highest BCUT2D eigenvalue weighted by molar-refractivity contribution is 5.81. The van der Waals surface area contributed by atoms with Crippen LogP contribution in [-0.4, -0.2) is 41.3 Å². The molecule has 6 nitrogen and oxygen atoms in total. The lowest BCUT2D eigenvalue weighted by Gasteiger charge is -2.09. The number of anilines is 1. The lowest BCUT2D eigenvalue weighted by atomic mass is 10.3. The summed E-state index contributed by atoms with van der Waals surface area (Å²) in [6.45, 7) is -0.277. The maximum absolute atomic E-state index is 11.3. The molecule has 1 amide bonds. The first-order chi connectivity index (χ1) is 8.09. The van der Waals surface area contributed by atoms with E-state index in [2.05, 4.69) is 10.6 Å². The Morgan fingerprint density at radius 2 is 1.88 bits per heavy atom. The molecule has 0 saturated carbocycles. The maximum atomic E-state index is 11.3. The van der Waals surface area contributed by atoms with Gasteiger partial charge in [-0.05, 0) is 12.1 Å². The Labute approximate surface area is 98.3 Å². The second-order valence-electron chi connectivity index (χ2n) is 3.38. The Kier molecular flexibility index (Phi) is 4.96. The van der Waals surface area contributed by atoms with Crippen LogP contribution >= 0.6 is 0 Å².